The van der Waals surface area contributed by atoms with E-state index in [1.807, 2.05) is 140 Å². The topological polar surface area (TPSA) is 135 Å². The molecule has 311 valence electrons. The zero-order valence-electron chi connectivity index (χ0n) is 34.1. The maximum atomic E-state index is 12.7. The third-order valence-electron chi connectivity index (χ3n) is 11.1. The number of hydrogen-bond donors (Lipinski definition) is 1. The lowest BCUT2D eigenvalue weighted by Gasteiger charge is -2.09. The molecule has 0 amide bonds. The van der Waals surface area contributed by atoms with Crippen LogP contribution in [0.4, 0.5) is 0 Å². The molecular formula is C52H33BIO10. The van der Waals surface area contributed by atoms with Gasteiger partial charge in [-0.2, -0.15) is 0 Å². The van der Waals surface area contributed by atoms with Crippen molar-refractivity contribution in [3.8, 4) is 16.9 Å². The molecule has 1 N–H and O–H groups in total. The van der Waals surface area contributed by atoms with E-state index in [1.54, 1.807) is 18.2 Å². The van der Waals surface area contributed by atoms with E-state index < -0.39 is 5.97 Å². The summed E-state index contributed by atoms with van der Waals surface area (Å²) in [6, 6.07) is 50.3. The lowest BCUT2D eigenvalue weighted by atomic mass is 9.95. The van der Waals surface area contributed by atoms with Crippen molar-refractivity contribution < 1.29 is 46.4 Å². The number of carbonyl (C=O) groups excluding carboxylic acids is 2. The number of carbonyl (C=O) groups is 2. The molecule has 0 bridgehead atoms. The minimum absolute atomic E-state index is 0.346. The van der Waals surface area contributed by atoms with Gasteiger partial charge in [-0.3, -0.25) is 0 Å². The number of para-hydroxylation sites is 6. The second-order valence-corrected chi connectivity index (χ2v) is 15.7. The first-order valence-corrected chi connectivity index (χ1v) is 21.1. The minimum Gasteiger partial charge on any atom is -0.535 e. The maximum absolute atomic E-state index is 12.7. The molecule has 0 spiro atoms. The van der Waals surface area contributed by atoms with Crippen molar-refractivity contribution in [3.05, 3.63) is 172 Å². The van der Waals surface area contributed by atoms with E-state index in [4.69, 9.17) is 36.8 Å². The highest BCUT2D eigenvalue weighted by atomic mass is 127. The van der Waals surface area contributed by atoms with Crippen LogP contribution in [-0.4, -0.2) is 38.9 Å². The Bertz CT molecular complexity index is 3740. The minimum atomic E-state index is -0.416. The largest absolute Gasteiger partial charge is 0.569 e. The van der Waals surface area contributed by atoms with Crippen LogP contribution >= 0.6 is 22.6 Å². The van der Waals surface area contributed by atoms with E-state index >= 15 is 0 Å². The standard InChI is InChI=1S/C26H16O4.C14H9IO3.C12H8BO3/c1-28-26(27)20-14-13-18-16-8-3-5-12-22(16)30-25(18)23(20)19-10-6-9-17-15-7-2-4-11-21(15)29-24(17)19;1-17-14(16)10-7-6-9-8-4-2-3-5-11(8)18-13(9)12(10)15;14-13-16-11-7-3-5-9-8-4-1-2-6-10(8)15-12(9)11/h2-14H,1H3;2-7H,1H3;1-7,14H. The van der Waals surface area contributed by atoms with Gasteiger partial charge in [-0.1, -0.05) is 103 Å². The number of hydrogen-bond acceptors (Lipinski definition) is 10. The fourth-order valence-electron chi connectivity index (χ4n) is 8.17. The highest BCUT2D eigenvalue weighted by molar-refractivity contribution is 14.1. The van der Waals surface area contributed by atoms with Crippen LogP contribution < -0.4 is 4.65 Å². The number of methoxy groups -OCH3 is 2. The molecule has 0 aliphatic rings. The van der Waals surface area contributed by atoms with E-state index in [1.165, 1.54) is 14.2 Å². The lowest BCUT2D eigenvalue weighted by Crippen LogP contribution is -2.03. The summed E-state index contributed by atoms with van der Waals surface area (Å²) in [6.45, 7) is 0. The summed E-state index contributed by atoms with van der Waals surface area (Å²) in [5, 5.41) is 16.7. The van der Waals surface area contributed by atoms with Gasteiger partial charge in [-0.25, -0.2) is 9.59 Å². The van der Waals surface area contributed by atoms with Gasteiger partial charge >= 0.3 is 19.6 Å². The molecule has 0 atom stereocenters. The molecule has 0 fully saturated rings. The molecule has 4 aromatic heterocycles. The molecular weight excluding hydrogens is 922 g/mol. The fraction of sp³-hybridized carbons (Fsp3) is 0.0385. The first-order chi connectivity index (χ1) is 31.4. The predicted octanol–water partition coefficient (Wildman–Crippen LogP) is 13.4. The van der Waals surface area contributed by atoms with Crippen molar-refractivity contribution in [2.24, 2.45) is 0 Å². The molecule has 4 heterocycles. The molecule has 0 saturated carbocycles. The third kappa shape index (κ3) is 6.97. The van der Waals surface area contributed by atoms with Crippen LogP contribution in [0.15, 0.2) is 175 Å². The summed E-state index contributed by atoms with van der Waals surface area (Å²) < 4.78 is 39.6. The van der Waals surface area contributed by atoms with Crippen molar-refractivity contribution >= 4 is 130 Å². The Hall–Kier alpha value is -7.55. The molecule has 12 heteroatoms. The van der Waals surface area contributed by atoms with Crippen molar-refractivity contribution in [3.63, 3.8) is 0 Å². The van der Waals surface area contributed by atoms with Crippen LogP contribution in [0, 0.1) is 3.57 Å². The van der Waals surface area contributed by atoms with E-state index in [2.05, 4.69) is 22.6 Å². The summed E-state index contributed by atoms with van der Waals surface area (Å²) in [7, 11) is 3.42. The molecule has 0 aliphatic heterocycles. The number of esters is 2. The second-order valence-electron chi connectivity index (χ2n) is 14.6. The van der Waals surface area contributed by atoms with Gasteiger partial charge in [0, 0.05) is 54.2 Å². The highest BCUT2D eigenvalue weighted by Gasteiger charge is 2.24. The maximum Gasteiger partial charge on any atom is 0.569 e. The van der Waals surface area contributed by atoms with Gasteiger partial charge in [0.05, 0.1) is 28.9 Å². The summed E-state index contributed by atoms with van der Waals surface area (Å²) in [5.74, 6) is -0.251. The van der Waals surface area contributed by atoms with Crippen LogP contribution in [0.25, 0.3) is 98.9 Å². The fourth-order valence-corrected chi connectivity index (χ4v) is 8.98. The molecule has 8 aromatic carbocycles. The average Bonchev–Trinajstić information content (AvgIpc) is 4.12. The Balaban J connectivity index is 0.000000122. The molecule has 10 nitrogen and oxygen atoms in total. The Morgan fingerprint density at radius 2 is 0.859 bits per heavy atom. The number of halogens is 1. The summed E-state index contributed by atoms with van der Waals surface area (Å²) in [5.41, 5.74) is 8.41. The Morgan fingerprint density at radius 1 is 0.453 bits per heavy atom. The average molecular weight is 956 g/mol. The van der Waals surface area contributed by atoms with Gasteiger partial charge in [-0.15, -0.1) is 0 Å². The number of benzene rings is 8. The number of furan rings is 4. The van der Waals surface area contributed by atoms with Crippen molar-refractivity contribution in [2.75, 3.05) is 14.2 Å². The van der Waals surface area contributed by atoms with Crippen molar-refractivity contribution in [1.29, 1.82) is 0 Å². The monoisotopic (exact) mass is 955 g/mol. The van der Waals surface area contributed by atoms with Gasteiger partial charge in [0.25, 0.3) is 0 Å². The van der Waals surface area contributed by atoms with Crippen molar-refractivity contribution in [1.82, 2.24) is 0 Å². The van der Waals surface area contributed by atoms with Crippen LogP contribution in [0.3, 0.4) is 0 Å². The van der Waals surface area contributed by atoms with E-state index in [-0.39, 0.29) is 5.97 Å². The second kappa shape index (κ2) is 17.0. The highest BCUT2D eigenvalue weighted by Crippen LogP contribution is 2.43. The van der Waals surface area contributed by atoms with Gasteiger partial charge in [-0.05, 0) is 77.2 Å². The quantitative estimate of drug-likeness (QED) is 0.101. The van der Waals surface area contributed by atoms with Crippen LogP contribution in [-0.2, 0) is 9.47 Å². The molecule has 1 radical (unpaired) electrons. The summed E-state index contributed by atoms with van der Waals surface area (Å²) >= 11 is 2.12. The third-order valence-corrected chi connectivity index (χ3v) is 12.1. The van der Waals surface area contributed by atoms with Crippen LogP contribution in [0.1, 0.15) is 20.7 Å². The van der Waals surface area contributed by atoms with Gasteiger partial charge in [0.1, 0.15) is 44.8 Å². The zero-order chi connectivity index (χ0) is 43.9. The Kier molecular flexibility index (Phi) is 10.7. The number of rotatable bonds is 5. The SMILES string of the molecule is COC(=O)c1ccc2c(oc3ccccc32)c1-c1cccc2c1oc1ccccc12.COC(=O)c1ccc2c(oc3ccccc32)c1I.O[B]Oc1cccc2c1oc1ccccc12. The van der Waals surface area contributed by atoms with Gasteiger partial charge in [0.15, 0.2) is 5.58 Å². The normalized spacial score (nSPS) is 11.2. The van der Waals surface area contributed by atoms with E-state index in [0.29, 0.717) is 41.3 Å². The van der Waals surface area contributed by atoms with E-state index in [9.17, 15) is 9.59 Å². The van der Waals surface area contributed by atoms with Crippen LogP contribution in [0.2, 0.25) is 0 Å². The Labute approximate surface area is 377 Å². The van der Waals surface area contributed by atoms with Crippen LogP contribution in [0.5, 0.6) is 5.75 Å². The molecule has 12 aromatic rings. The molecule has 0 unspecified atom stereocenters. The lowest BCUT2D eigenvalue weighted by molar-refractivity contribution is 0.0591. The van der Waals surface area contributed by atoms with Gasteiger partial charge in [0.2, 0.25) is 0 Å². The predicted molar refractivity (Wildman–Crippen MR) is 258 cm³/mol. The molecule has 12 rings (SSSR count). The van der Waals surface area contributed by atoms with Gasteiger partial charge < -0.3 is 36.8 Å². The first-order valence-electron chi connectivity index (χ1n) is 20.0. The summed E-state index contributed by atoms with van der Waals surface area (Å²) in [6.07, 6.45) is 0. The summed E-state index contributed by atoms with van der Waals surface area (Å²) in [4.78, 5) is 24.3. The smallest absolute Gasteiger partial charge is 0.535 e. The first kappa shape index (κ1) is 40.5. The number of ether oxygens (including phenoxy) is 2. The zero-order valence-corrected chi connectivity index (χ0v) is 36.2. The molecule has 64 heavy (non-hydrogen) atoms. The molecule has 0 aliphatic carbocycles. The Morgan fingerprint density at radius 3 is 1.41 bits per heavy atom. The van der Waals surface area contributed by atoms with E-state index in [0.717, 1.165) is 85.7 Å². The van der Waals surface area contributed by atoms with Crippen molar-refractivity contribution in [2.45, 2.75) is 0 Å². The molecule has 0 saturated heterocycles. The number of fused-ring (bicyclic) bond motifs is 12.